The standard InChI is InChI=1S/C10H19ClN2OSi.C4H5ClN2/c1-9-7-10(11)13(12-9)8-14-5-6-15(2,3)4;1-3-2-4(5)7-6-3/h7H,5-6,8H2,1-4H3;2H,1H3,(H,6,7). The van der Waals surface area contributed by atoms with Crippen molar-refractivity contribution in [2.75, 3.05) is 6.61 Å². The van der Waals surface area contributed by atoms with Crippen molar-refractivity contribution in [3.63, 3.8) is 0 Å². The Morgan fingerprint density at radius 1 is 1.23 bits per heavy atom. The maximum atomic E-state index is 5.94. The Bertz CT molecular complexity index is 561. The van der Waals surface area contributed by atoms with Crippen LogP contribution in [0, 0.1) is 13.8 Å². The third-order valence-corrected chi connectivity index (χ3v) is 4.94. The van der Waals surface area contributed by atoms with E-state index in [-0.39, 0.29) is 0 Å². The number of aromatic nitrogens is 4. The summed E-state index contributed by atoms with van der Waals surface area (Å²) in [6.45, 7) is 12.1. The van der Waals surface area contributed by atoms with E-state index < -0.39 is 8.07 Å². The van der Waals surface area contributed by atoms with E-state index in [9.17, 15) is 0 Å². The SMILES string of the molecule is Cc1cc(Cl)n(COCC[Si](C)(C)C)n1.Cc1cc(Cl)n[nH]1. The average Bonchev–Trinajstić information content (AvgIpc) is 2.90. The highest BCUT2D eigenvalue weighted by molar-refractivity contribution is 6.76. The summed E-state index contributed by atoms with van der Waals surface area (Å²) in [5, 5.41) is 11.7. The summed E-state index contributed by atoms with van der Waals surface area (Å²) in [5.41, 5.74) is 1.92. The molecule has 0 aromatic carbocycles. The maximum absolute atomic E-state index is 5.94. The minimum Gasteiger partial charge on any atom is -0.359 e. The third kappa shape index (κ3) is 7.98. The first-order chi connectivity index (χ1) is 10.2. The van der Waals surface area contributed by atoms with Gasteiger partial charge in [0.25, 0.3) is 0 Å². The second-order valence-electron chi connectivity index (χ2n) is 6.33. The summed E-state index contributed by atoms with van der Waals surface area (Å²) in [7, 11) is -0.991. The van der Waals surface area contributed by atoms with E-state index in [0.29, 0.717) is 17.0 Å². The maximum Gasteiger partial charge on any atom is 0.151 e. The van der Waals surface area contributed by atoms with E-state index in [2.05, 4.69) is 34.9 Å². The lowest BCUT2D eigenvalue weighted by atomic mass is 10.5. The van der Waals surface area contributed by atoms with Crippen LogP contribution in [0.1, 0.15) is 11.4 Å². The number of hydrogen-bond acceptors (Lipinski definition) is 3. The fourth-order valence-corrected chi connectivity index (χ4v) is 2.73. The van der Waals surface area contributed by atoms with Gasteiger partial charge in [-0.3, -0.25) is 5.10 Å². The molecule has 124 valence electrons. The average molecular weight is 363 g/mol. The molecule has 0 bridgehead atoms. The van der Waals surface area contributed by atoms with Crippen molar-refractivity contribution in [2.24, 2.45) is 0 Å². The van der Waals surface area contributed by atoms with Crippen molar-refractivity contribution in [1.29, 1.82) is 0 Å². The summed E-state index contributed by atoms with van der Waals surface area (Å²) < 4.78 is 7.22. The normalized spacial score (nSPS) is 11.2. The number of ether oxygens (including phenoxy) is 1. The third-order valence-electron chi connectivity index (χ3n) is 2.74. The number of aryl methyl sites for hydroxylation is 2. The largest absolute Gasteiger partial charge is 0.359 e. The smallest absolute Gasteiger partial charge is 0.151 e. The van der Waals surface area contributed by atoms with Crippen molar-refractivity contribution < 1.29 is 4.74 Å². The van der Waals surface area contributed by atoms with Crippen molar-refractivity contribution in [3.05, 3.63) is 33.8 Å². The van der Waals surface area contributed by atoms with Crippen LogP contribution in [0.15, 0.2) is 12.1 Å². The highest BCUT2D eigenvalue weighted by atomic mass is 35.5. The molecule has 5 nitrogen and oxygen atoms in total. The summed E-state index contributed by atoms with van der Waals surface area (Å²) in [6, 6.07) is 4.77. The molecule has 0 fully saturated rings. The molecule has 0 saturated heterocycles. The van der Waals surface area contributed by atoms with Gasteiger partial charge >= 0.3 is 0 Å². The molecule has 0 atom stereocenters. The molecule has 22 heavy (non-hydrogen) atoms. The van der Waals surface area contributed by atoms with Crippen molar-refractivity contribution in [1.82, 2.24) is 20.0 Å². The lowest BCUT2D eigenvalue weighted by Gasteiger charge is -2.15. The van der Waals surface area contributed by atoms with Crippen LogP contribution < -0.4 is 0 Å². The second kappa shape index (κ2) is 8.72. The van der Waals surface area contributed by atoms with Gasteiger partial charge in [0, 0.05) is 20.4 Å². The van der Waals surface area contributed by atoms with Crippen molar-refractivity contribution in [2.45, 2.75) is 46.3 Å². The van der Waals surface area contributed by atoms with E-state index >= 15 is 0 Å². The Labute approximate surface area is 143 Å². The molecule has 0 radical (unpaired) electrons. The second-order valence-corrected chi connectivity index (χ2v) is 12.7. The first-order valence-corrected chi connectivity index (χ1v) is 11.6. The summed E-state index contributed by atoms with van der Waals surface area (Å²) in [5.74, 6) is 0. The molecule has 8 heteroatoms. The molecule has 0 amide bonds. The topological polar surface area (TPSA) is 55.7 Å². The van der Waals surface area contributed by atoms with Crippen LogP contribution in [0.4, 0.5) is 0 Å². The van der Waals surface area contributed by atoms with Gasteiger partial charge in [0.2, 0.25) is 0 Å². The number of rotatable bonds is 5. The molecule has 0 aliphatic heterocycles. The number of H-pyrrole nitrogens is 1. The van der Waals surface area contributed by atoms with Gasteiger partial charge in [0.1, 0.15) is 11.9 Å². The Morgan fingerprint density at radius 2 is 1.91 bits per heavy atom. The predicted molar refractivity (Wildman–Crippen MR) is 94.4 cm³/mol. The lowest BCUT2D eigenvalue weighted by Crippen LogP contribution is -2.22. The van der Waals surface area contributed by atoms with Crippen LogP contribution in [-0.2, 0) is 11.5 Å². The molecule has 0 aliphatic rings. The van der Waals surface area contributed by atoms with Gasteiger partial charge < -0.3 is 4.74 Å². The molecule has 2 heterocycles. The highest BCUT2D eigenvalue weighted by Gasteiger charge is 2.12. The summed E-state index contributed by atoms with van der Waals surface area (Å²) in [6.07, 6.45) is 0. The molecule has 2 rings (SSSR count). The lowest BCUT2D eigenvalue weighted by molar-refractivity contribution is 0.0786. The van der Waals surface area contributed by atoms with Crippen molar-refractivity contribution >= 4 is 31.3 Å². The zero-order valence-electron chi connectivity index (χ0n) is 13.8. The quantitative estimate of drug-likeness (QED) is 0.627. The van der Waals surface area contributed by atoms with Crippen LogP contribution >= 0.6 is 23.2 Å². The first kappa shape index (κ1) is 19.2. The zero-order valence-corrected chi connectivity index (χ0v) is 16.3. The van der Waals surface area contributed by atoms with Gasteiger partial charge in [-0.05, 0) is 32.0 Å². The highest BCUT2D eigenvalue weighted by Crippen LogP contribution is 2.11. The Balaban J connectivity index is 0.000000287. The van der Waals surface area contributed by atoms with E-state index in [1.165, 1.54) is 6.04 Å². The van der Waals surface area contributed by atoms with Gasteiger partial charge in [0.05, 0.1) is 5.69 Å². The van der Waals surface area contributed by atoms with Gasteiger partial charge in [0.15, 0.2) is 5.15 Å². The first-order valence-electron chi connectivity index (χ1n) is 7.12. The predicted octanol–water partition coefficient (Wildman–Crippen LogP) is 4.53. The van der Waals surface area contributed by atoms with Gasteiger partial charge in [-0.15, -0.1) is 0 Å². The van der Waals surface area contributed by atoms with E-state index in [4.69, 9.17) is 27.9 Å². The van der Waals surface area contributed by atoms with Gasteiger partial charge in [-0.1, -0.05) is 42.8 Å². The number of nitrogens with zero attached hydrogens (tertiary/aromatic N) is 3. The summed E-state index contributed by atoms with van der Waals surface area (Å²) in [4.78, 5) is 0. The van der Waals surface area contributed by atoms with Crippen LogP contribution in [0.5, 0.6) is 0 Å². The Hall–Kier alpha value is -0.823. The minimum absolute atomic E-state index is 0.456. The molecular formula is C14H24Cl2N4OSi. The molecule has 2 aromatic rings. The number of nitrogens with one attached hydrogen (secondary N) is 1. The number of hydrogen-bond donors (Lipinski definition) is 1. The summed E-state index contributed by atoms with van der Waals surface area (Å²) >= 11 is 11.4. The monoisotopic (exact) mass is 362 g/mol. The molecule has 0 spiro atoms. The van der Waals surface area contributed by atoms with Crippen LogP contribution in [-0.4, -0.2) is 34.7 Å². The van der Waals surface area contributed by atoms with E-state index in [0.717, 1.165) is 18.0 Å². The van der Waals surface area contributed by atoms with Crippen LogP contribution in [0.2, 0.25) is 36.0 Å². The van der Waals surface area contributed by atoms with Crippen LogP contribution in [0.3, 0.4) is 0 Å². The zero-order chi connectivity index (χ0) is 16.8. The van der Waals surface area contributed by atoms with Gasteiger partial charge in [-0.2, -0.15) is 10.2 Å². The Kier molecular flexibility index (Phi) is 7.62. The molecule has 0 saturated carbocycles. The number of aromatic amines is 1. The van der Waals surface area contributed by atoms with E-state index in [1.807, 2.05) is 19.9 Å². The fourth-order valence-electron chi connectivity index (χ4n) is 1.52. The van der Waals surface area contributed by atoms with Crippen molar-refractivity contribution in [3.8, 4) is 0 Å². The Morgan fingerprint density at radius 3 is 2.27 bits per heavy atom. The van der Waals surface area contributed by atoms with Crippen LogP contribution in [0.25, 0.3) is 0 Å². The van der Waals surface area contributed by atoms with Gasteiger partial charge in [-0.25, -0.2) is 4.68 Å². The van der Waals surface area contributed by atoms with E-state index in [1.54, 1.807) is 10.7 Å². The fraction of sp³-hybridized carbons (Fsp3) is 0.571. The molecule has 1 N–H and O–H groups in total. The molecular weight excluding hydrogens is 339 g/mol. The molecule has 0 aliphatic carbocycles. The minimum atomic E-state index is -0.991. The number of halogens is 2. The molecule has 0 unspecified atom stereocenters. The molecule has 2 aromatic heterocycles.